The lowest BCUT2D eigenvalue weighted by Gasteiger charge is -2.08. The van der Waals surface area contributed by atoms with Gasteiger partial charge in [-0.25, -0.2) is 0 Å². The van der Waals surface area contributed by atoms with Gasteiger partial charge in [0.1, 0.15) is 5.78 Å². The molecule has 0 spiro atoms. The summed E-state index contributed by atoms with van der Waals surface area (Å²) >= 11 is 0. The minimum absolute atomic E-state index is 0.0827. The van der Waals surface area contributed by atoms with Gasteiger partial charge in [0.25, 0.3) is 0 Å². The van der Waals surface area contributed by atoms with Crippen molar-refractivity contribution in [3.63, 3.8) is 0 Å². The monoisotopic (exact) mass is 204 g/mol. The minimum Gasteiger partial charge on any atom is -0.327 e. The highest BCUT2D eigenvalue weighted by atomic mass is 16.1. The highest BCUT2D eigenvalue weighted by Gasteiger charge is 2.29. The van der Waals surface area contributed by atoms with Crippen LogP contribution in [0.3, 0.4) is 0 Å². The average Bonchev–Trinajstić information content (AvgIpc) is 3.01. The number of hydrogen-bond donors (Lipinski definition) is 1. The molecule has 0 amide bonds. The Morgan fingerprint density at radius 2 is 2.13 bits per heavy atom. The third-order valence-corrected chi connectivity index (χ3v) is 2.84. The summed E-state index contributed by atoms with van der Waals surface area (Å²) in [7, 11) is 0. The van der Waals surface area contributed by atoms with E-state index < -0.39 is 0 Å². The van der Waals surface area contributed by atoms with Crippen molar-refractivity contribution in [3.05, 3.63) is 30.1 Å². The molecule has 1 unspecified atom stereocenters. The summed E-state index contributed by atoms with van der Waals surface area (Å²) in [6.45, 7) is 0. The van der Waals surface area contributed by atoms with Gasteiger partial charge in [0.15, 0.2) is 0 Å². The van der Waals surface area contributed by atoms with E-state index in [0.717, 1.165) is 5.56 Å². The molecule has 0 radical (unpaired) electrons. The Morgan fingerprint density at radius 1 is 1.47 bits per heavy atom. The van der Waals surface area contributed by atoms with E-state index in [1.807, 2.05) is 12.1 Å². The summed E-state index contributed by atoms with van der Waals surface area (Å²) in [6, 6.07) is 3.83. The molecule has 2 rings (SSSR count). The van der Waals surface area contributed by atoms with Crippen LogP contribution in [0.5, 0.6) is 0 Å². The molecule has 1 fully saturated rings. The van der Waals surface area contributed by atoms with Crippen molar-refractivity contribution in [1.29, 1.82) is 0 Å². The maximum Gasteiger partial charge on any atom is 0.138 e. The first kappa shape index (κ1) is 10.3. The largest absolute Gasteiger partial charge is 0.327 e. The van der Waals surface area contributed by atoms with Crippen LogP contribution in [0.25, 0.3) is 0 Å². The lowest BCUT2D eigenvalue weighted by atomic mass is 10.0. The number of rotatable bonds is 5. The lowest BCUT2D eigenvalue weighted by Crippen LogP contribution is -2.26. The zero-order chi connectivity index (χ0) is 10.7. The normalized spacial score (nSPS) is 17.4. The summed E-state index contributed by atoms with van der Waals surface area (Å²) in [6.07, 6.45) is 6.83. The molecule has 80 valence electrons. The smallest absolute Gasteiger partial charge is 0.138 e. The number of ketones is 1. The van der Waals surface area contributed by atoms with Gasteiger partial charge in [-0.05, 0) is 36.5 Å². The third-order valence-electron chi connectivity index (χ3n) is 2.84. The Hall–Kier alpha value is -1.22. The molecular weight excluding hydrogens is 188 g/mol. The number of hydrogen-bond acceptors (Lipinski definition) is 3. The third kappa shape index (κ3) is 3.13. The Labute approximate surface area is 89.7 Å². The van der Waals surface area contributed by atoms with Crippen LogP contribution in [-0.2, 0) is 11.2 Å². The SMILES string of the molecule is NC(CC(=O)Cc1ccncc1)C1CC1. The summed E-state index contributed by atoms with van der Waals surface area (Å²) in [5.41, 5.74) is 6.93. The van der Waals surface area contributed by atoms with Crippen molar-refractivity contribution in [2.24, 2.45) is 11.7 Å². The van der Waals surface area contributed by atoms with E-state index >= 15 is 0 Å². The first-order valence-corrected chi connectivity index (χ1v) is 5.42. The molecule has 1 aliphatic carbocycles. The predicted octanol–water partition coefficient (Wildman–Crippen LogP) is 1.32. The van der Waals surface area contributed by atoms with Crippen molar-refractivity contribution in [3.8, 4) is 0 Å². The second-order valence-electron chi connectivity index (χ2n) is 4.28. The number of aromatic nitrogens is 1. The molecule has 3 heteroatoms. The molecule has 0 bridgehead atoms. The molecule has 1 aromatic heterocycles. The Morgan fingerprint density at radius 3 is 2.73 bits per heavy atom. The van der Waals surface area contributed by atoms with E-state index in [2.05, 4.69) is 4.98 Å². The summed E-state index contributed by atoms with van der Waals surface area (Å²) in [5, 5.41) is 0. The maximum absolute atomic E-state index is 11.7. The van der Waals surface area contributed by atoms with Crippen LogP contribution in [0.1, 0.15) is 24.8 Å². The molecular formula is C12H16N2O. The van der Waals surface area contributed by atoms with Crippen LogP contribution in [-0.4, -0.2) is 16.8 Å². The topological polar surface area (TPSA) is 56.0 Å². The molecule has 1 aromatic rings. The van der Waals surface area contributed by atoms with Gasteiger partial charge in [0.2, 0.25) is 0 Å². The van der Waals surface area contributed by atoms with Crippen molar-refractivity contribution >= 4 is 5.78 Å². The van der Waals surface area contributed by atoms with E-state index in [9.17, 15) is 4.79 Å². The van der Waals surface area contributed by atoms with Crippen molar-refractivity contribution in [2.45, 2.75) is 31.7 Å². The molecule has 0 aliphatic heterocycles. The Bertz CT molecular complexity index is 333. The fourth-order valence-corrected chi connectivity index (χ4v) is 1.75. The van der Waals surface area contributed by atoms with Gasteiger partial charge in [0.05, 0.1) is 0 Å². The van der Waals surface area contributed by atoms with E-state index in [4.69, 9.17) is 5.73 Å². The van der Waals surface area contributed by atoms with E-state index in [1.54, 1.807) is 12.4 Å². The average molecular weight is 204 g/mol. The van der Waals surface area contributed by atoms with Crippen molar-refractivity contribution in [1.82, 2.24) is 4.98 Å². The zero-order valence-electron chi connectivity index (χ0n) is 8.73. The van der Waals surface area contributed by atoms with Gasteiger partial charge >= 0.3 is 0 Å². The molecule has 1 aliphatic rings. The molecule has 1 atom stereocenters. The second-order valence-corrected chi connectivity index (χ2v) is 4.28. The van der Waals surface area contributed by atoms with E-state index in [-0.39, 0.29) is 11.8 Å². The van der Waals surface area contributed by atoms with Crippen molar-refractivity contribution < 1.29 is 4.79 Å². The number of nitrogens with two attached hydrogens (primary N) is 1. The summed E-state index contributed by atoms with van der Waals surface area (Å²) in [4.78, 5) is 15.6. The molecule has 2 N–H and O–H groups in total. The number of carbonyl (C=O) groups excluding carboxylic acids is 1. The van der Waals surface area contributed by atoms with Gasteiger partial charge in [-0.1, -0.05) is 0 Å². The first-order chi connectivity index (χ1) is 7.25. The van der Waals surface area contributed by atoms with Crippen LogP contribution in [0.4, 0.5) is 0 Å². The first-order valence-electron chi connectivity index (χ1n) is 5.42. The number of Topliss-reactive ketones (excluding diaryl/α,β-unsaturated/α-hetero) is 1. The van der Waals surface area contributed by atoms with Crippen LogP contribution in [0.15, 0.2) is 24.5 Å². The Kier molecular flexibility index (Phi) is 3.11. The highest BCUT2D eigenvalue weighted by Crippen LogP contribution is 2.32. The number of nitrogens with zero attached hydrogens (tertiary/aromatic N) is 1. The van der Waals surface area contributed by atoms with Crippen molar-refractivity contribution in [2.75, 3.05) is 0 Å². The summed E-state index contributed by atoms with van der Waals surface area (Å²) < 4.78 is 0. The molecule has 1 heterocycles. The van der Waals surface area contributed by atoms with Gasteiger partial charge < -0.3 is 5.73 Å². The van der Waals surface area contributed by atoms with Gasteiger partial charge in [-0.3, -0.25) is 9.78 Å². The van der Waals surface area contributed by atoms with Crippen LogP contribution in [0.2, 0.25) is 0 Å². The number of pyridine rings is 1. The molecule has 3 nitrogen and oxygen atoms in total. The van der Waals surface area contributed by atoms with Gasteiger partial charge in [0, 0.05) is 31.3 Å². The molecule has 1 saturated carbocycles. The quantitative estimate of drug-likeness (QED) is 0.787. The number of carbonyl (C=O) groups is 1. The maximum atomic E-state index is 11.7. The fraction of sp³-hybridized carbons (Fsp3) is 0.500. The van der Waals surface area contributed by atoms with E-state index in [0.29, 0.717) is 18.8 Å². The lowest BCUT2D eigenvalue weighted by molar-refractivity contribution is -0.118. The molecule has 0 aromatic carbocycles. The highest BCUT2D eigenvalue weighted by molar-refractivity contribution is 5.81. The van der Waals surface area contributed by atoms with Gasteiger partial charge in [-0.2, -0.15) is 0 Å². The fourth-order valence-electron chi connectivity index (χ4n) is 1.75. The molecule has 15 heavy (non-hydrogen) atoms. The molecule has 0 saturated heterocycles. The van der Waals surface area contributed by atoms with E-state index in [1.165, 1.54) is 12.8 Å². The van der Waals surface area contributed by atoms with Gasteiger partial charge in [-0.15, -0.1) is 0 Å². The Balaban J connectivity index is 1.81. The minimum atomic E-state index is 0.0827. The predicted molar refractivity (Wildman–Crippen MR) is 58.3 cm³/mol. The zero-order valence-corrected chi connectivity index (χ0v) is 8.73. The van der Waals surface area contributed by atoms with Crippen LogP contribution in [0, 0.1) is 5.92 Å². The van der Waals surface area contributed by atoms with Crippen LogP contribution >= 0.6 is 0 Å². The second kappa shape index (κ2) is 4.53. The summed E-state index contributed by atoms with van der Waals surface area (Å²) in [5.74, 6) is 0.840. The van der Waals surface area contributed by atoms with Crippen LogP contribution < -0.4 is 5.73 Å². The standard InChI is InChI=1S/C12H16N2O/c13-12(10-1-2-10)8-11(15)7-9-3-5-14-6-4-9/h3-6,10,12H,1-2,7-8,13H2.